The van der Waals surface area contributed by atoms with Crippen LogP contribution in [-0.4, -0.2) is 21.2 Å². The van der Waals surface area contributed by atoms with Gasteiger partial charge in [-0.05, 0) is 13.2 Å². The maximum absolute atomic E-state index is 4.29. The predicted molar refractivity (Wildman–Crippen MR) is 50.4 cm³/mol. The second-order valence-electron chi connectivity index (χ2n) is 2.88. The van der Waals surface area contributed by atoms with Crippen molar-refractivity contribution in [3.63, 3.8) is 0 Å². The fraction of sp³-hybridized carbons (Fsp3) is 0.625. The molecule has 66 valence electrons. The molecular formula is C8H13N3S. The molecule has 0 atom stereocenters. The Hall–Kier alpha value is -0.640. The molecule has 4 heteroatoms. The Morgan fingerprint density at radius 3 is 2.33 bits per heavy atom. The minimum atomic E-state index is 0.373. The van der Waals surface area contributed by atoms with Crippen LogP contribution >= 0.6 is 11.8 Å². The van der Waals surface area contributed by atoms with E-state index in [4.69, 9.17) is 0 Å². The number of thioether (sulfide) groups is 1. The Morgan fingerprint density at radius 2 is 1.83 bits per heavy atom. The average Bonchev–Trinajstić information content (AvgIpc) is 2.03. The summed E-state index contributed by atoms with van der Waals surface area (Å²) < 4.78 is 0. The Balaban J connectivity index is 3.06. The lowest BCUT2D eigenvalue weighted by Crippen LogP contribution is -2.03. The van der Waals surface area contributed by atoms with Gasteiger partial charge in [0.2, 0.25) is 0 Å². The molecule has 0 amide bonds. The Bertz CT molecular complexity index is 273. The number of aryl methyl sites for hydroxylation is 1. The first-order valence-electron chi connectivity index (χ1n) is 3.90. The highest BCUT2D eigenvalue weighted by molar-refractivity contribution is 7.98. The second-order valence-corrected chi connectivity index (χ2v) is 3.66. The summed E-state index contributed by atoms with van der Waals surface area (Å²) in [4.78, 5) is 12.7. The van der Waals surface area contributed by atoms with E-state index < -0.39 is 0 Å². The highest BCUT2D eigenvalue weighted by Crippen LogP contribution is 2.13. The van der Waals surface area contributed by atoms with E-state index in [0.717, 1.165) is 16.8 Å². The number of hydrogen-bond acceptors (Lipinski definition) is 4. The lowest BCUT2D eigenvalue weighted by atomic mass is 10.2. The van der Waals surface area contributed by atoms with Crippen LogP contribution in [0, 0.1) is 6.92 Å². The maximum Gasteiger partial charge on any atom is 0.190 e. The molecule has 0 spiro atoms. The largest absolute Gasteiger partial charge is 0.218 e. The third kappa shape index (κ3) is 2.17. The van der Waals surface area contributed by atoms with Gasteiger partial charge in [-0.2, -0.15) is 0 Å². The first-order valence-corrected chi connectivity index (χ1v) is 5.12. The van der Waals surface area contributed by atoms with Crippen molar-refractivity contribution in [2.75, 3.05) is 6.26 Å². The lowest BCUT2D eigenvalue weighted by molar-refractivity contribution is 0.707. The van der Waals surface area contributed by atoms with Gasteiger partial charge in [-0.15, -0.1) is 0 Å². The van der Waals surface area contributed by atoms with Crippen LogP contribution < -0.4 is 0 Å². The fourth-order valence-corrected chi connectivity index (χ4v) is 1.23. The van der Waals surface area contributed by atoms with Crippen molar-refractivity contribution < 1.29 is 0 Å². The van der Waals surface area contributed by atoms with Gasteiger partial charge in [0.05, 0.1) is 0 Å². The normalized spacial score (nSPS) is 10.8. The first kappa shape index (κ1) is 9.45. The van der Waals surface area contributed by atoms with Crippen LogP contribution in [0.1, 0.15) is 31.4 Å². The van der Waals surface area contributed by atoms with Crippen LogP contribution in [0.2, 0.25) is 0 Å². The molecule has 1 rings (SSSR count). The fourth-order valence-electron chi connectivity index (χ4n) is 0.827. The zero-order chi connectivity index (χ0) is 9.14. The summed E-state index contributed by atoms with van der Waals surface area (Å²) in [5.41, 5.74) is 0. The predicted octanol–water partition coefficient (Wildman–Crippen LogP) is 2.03. The van der Waals surface area contributed by atoms with Gasteiger partial charge in [0.25, 0.3) is 0 Å². The SMILES string of the molecule is CSc1nc(C)nc(C(C)C)n1. The summed E-state index contributed by atoms with van der Waals surface area (Å²) in [5, 5.41) is 0.811. The quantitative estimate of drug-likeness (QED) is 0.658. The molecule has 1 aromatic heterocycles. The van der Waals surface area contributed by atoms with E-state index >= 15 is 0 Å². The molecule has 1 aromatic rings. The highest BCUT2D eigenvalue weighted by atomic mass is 32.2. The zero-order valence-electron chi connectivity index (χ0n) is 7.83. The maximum atomic E-state index is 4.29. The number of rotatable bonds is 2. The van der Waals surface area contributed by atoms with E-state index in [-0.39, 0.29) is 0 Å². The molecule has 0 radical (unpaired) electrons. The van der Waals surface area contributed by atoms with Crippen molar-refractivity contribution in [2.24, 2.45) is 0 Å². The van der Waals surface area contributed by atoms with Gasteiger partial charge in [0, 0.05) is 5.92 Å². The van der Waals surface area contributed by atoms with Gasteiger partial charge in [0.1, 0.15) is 11.6 Å². The number of aromatic nitrogens is 3. The van der Waals surface area contributed by atoms with Crippen LogP contribution in [0.3, 0.4) is 0 Å². The molecule has 0 aliphatic rings. The molecule has 1 heterocycles. The molecular weight excluding hydrogens is 170 g/mol. The average molecular weight is 183 g/mol. The van der Waals surface area contributed by atoms with Crippen molar-refractivity contribution in [1.29, 1.82) is 0 Å². The van der Waals surface area contributed by atoms with E-state index in [1.165, 1.54) is 0 Å². The summed E-state index contributed by atoms with van der Waals surface area (Å²) in [5.74, 6) is 2.06. The minimum Gasteiger partial charge on any atom is -0.218 e. The summed E-state index contributed by atoms with van der Waals surface area (Å²) in [6.07, 6.45) is 1.97. The molecule has 12 heavy (non-hydrogen) atoms. The molecule has 0 fully saturated rings. The summed E-state index contributed by atoms with van der Waals surface area (Å²) in [7, 11) is 0. The first-order chi connectivity index (χ1) is 5.63. The van der Waals surface area contributed by atoms with Gasteiger partial charge < -0.3 is 0 Å². The third-order valence-corrected chi connectivity index (χ3v) is 1.99. The lowest BCUT2D eigenvalue weighted by Gasteiger charge is -2.04. The molecule has 3 nitrogen and oxygen atoms in total. The summed E-state index contributed by atoms with van der Waals surface area (Å²) >= 11 is 1.55. The van der Waals surface area contributed by atoms with Crippen molar-refractivity contribution in [3.8, 4) is 0 Å². The Kier molecular flexibility index (Phi) is 3.03. The molecule has 0 N–H and O–H groups in total. The molecule has 0 aliphatic carbocycles. The van der Waals surface area contributed by atoms with E-state index in [1.54, 1.807) is 11.8 Å². The Labute approximate surface area is 77.0 Å². The van der Waals surface area contributed by atoms with E-state index in [2.05, 4.69) is 28.8 Å². The van der Waals surface area contributed by atoms with Crippen LogP contribution in [0.25, 0.3) is 0 Å². The van der Waals surface area contributed by atoms with Crippen LogP contribution in [0.4, 0.5) is 0 Å². The zero-order valence-corrected chi connectivity index (χ0v) is 8.64. The molecule has 0 aliphatic heterocycles. The molecule has 0 unspecified atom stereocenters. The number of nitrogens with zero attached hydrogens (tertiary/aromatic N) is 3. The third-order valence-electron chi connectivity index (χ3n) is 1.44. The summed E-state index contributed by atoms with van der Waals surface area (Å²) in [6, 6.07) is 0. The Morgan fingerprint density at radius 1 is 1.17 bits per heavy atom. The van der Waals surface area contributed by atoms with Gasteiger partial charge in [-0.3, -0.25) is 0 Å². The van der Waals surface area contributed by atoms with Crippen molar-refractivity contribution in [1.82, 2.24) is 15.0 Å². The van der Waals surface area contributed by atoms with Crippen LogP contribution in [0.5, 0.6) is 0 Å². The molecule has 0 bridgehead atoms. The van der Waals surface area contributed by atoms with Crippen molar-refractivity contribution in [2.45, 2.75) is 31.8 Å². The van der Waals surface area contributed by atoms with E-state index in [9.17, 15) is 0 Å². The highest BCUT2D eigenvalue weighted by Gasteiger charge is 2.05. The smallest absolute Gasteiger partial charge is 0.190 e. The van der Waals surface area contributed by atoms with E-state index in [0.29, 0.717) is 5.92 Å². The second kappa shape index (κ2) is 3.85. The monoisotopic (exact) mass is 183 g/mol. The van der Waals surface area contributed by atoms with Crippen molar-refractivity contribution in [3.05, 3.63) is 11.6 Å². The number of hydrogen-bond donors (Lipinski definition) is 0. The minimum absolute atomic E-state index is 0.373. The summed E-state index contributed by atoms with van der Waals surface area (Å²) in [6.45, 7) is 6.06. The molecule has 0 saturated carbocycles. The standard InChI is InChI=1S/C8H13N3S/c1-5(2)7-9-6(3)10-8(11-7)12-4/h5H,1-4H3. The van der Waals surface area contributed by atoms with E-state index in [1.807, 2.05) is 13.2 Å². The van der Waals surface area contributed by atoms with Crippen molar-refractivity contribution >= 4 is 11.8 Å². The molecule has 0 aromatic carbocycles. The van der Waals surface area contributed by atoms with Gasteiger partial charge in [-0.1, -0.05) is 25.6 Å². The van der Waals surface area contributed by atoms with Gasteiger partial charge >= 0.3 is 0 Å². The topological polar surface area (TPSA) is 38.7 Å². The van der Waals surface area contributed by atoms with Gasteiger partial charge in [0.15, 0.2) is 5.16 Å². The van der Waals surface area contributed by atoms with Crippen LogP contribution in [0.15, 0.2) is 5.16 Å². The van der Waals surface area contributed by atoms with Gasteiger partial charge in [-0.25, -0.2) is 15.0 Å². The molecule has 0 saturated heterocycles. The van der Waals surface area contributed by atoms with Crippen LogP contribution in [-0.2, 0) is 0 Å².